The predicted molar refractivity (Wildman–Crippen MR) is 164 cm³/mol. The average Bonchev–Trinajstić information content (AvgIpc) is 2.76. The summed E-state index contributed by atoms with van der Waals surface area (Å²) in [4.78, 5) is 29.4. The van der Waals surface area contributed by atoms with Gasteiger partial charge in [-0.05, 0) is 136 Å². The van der Waals surface area contributed by atoms with Gasteiger partial charge in [0.15, 0.2) is 0 Å². The van der Waals surface area contributed by atoms with Gasteiger partial charge in [-0.25, -0.2) is 0 Å². The molecule has 0 unspecified atom stereocenters. The Hall–Kier alpha value is -1.58. The van der Waals surface area contributed by atoms with Crippen molar-refractivity contribution in [2.24, 2.45) is 0 Å². The molecule has 0 aliphatic heterocycles. The molecule has 0 spiro atoms. The van der Waals surface area contributed by atoms with Crippen LogP contribution in [0, 0.1) is 7.14 Å². The fourth-order valence-electron chi connectivity index (χ4n) is 5.23. The fraction of sp³-hybridized carbons (Fsp3) is 0.517. The van der Waals surface area contributed by atoms with E-state index in [1.165, 1.54) is 9.80 Å². The summed E-state index contributed by atoms with van der Waals surface area (Å²) in [7, 11) is 0. The minimum absolute atomic E-state index is 0.00739. The number of rotatable bonds is 8. The van der Waals surface area contributed by atoms with Crippen LogP contribution in [0.5, 0.6) is 0 Å². The van der Waals surface area contributed by atoms with Crippen LogP contribution in [-0.4, -0.2) is 58.1 Å². The molecule has 0 aliphatic rings. The molecule has 0 aromatic heterocycles. The number of alkyl halides is 6. The first kappa shape index (κ1) is 35.6. The Morgan fingerprint density at radius 1 is 0.585 bits per heavy atom. The topological polar surface area (TPSA) is 40.6 Å². The van der Waals surface area contributed by atoms with E-state index < -0.39 is 40.7 Å². The van der Waals surface area contributed by atoms with E-state index in [0.29, 0.717) is 0 Å². The summed E-state index contributed by atoms with van der Waals surface area (Å²) >= 11 is 3.21. The van der Waals surface area contributed by atoms with Crippen molar-refractivity contribution in [1.82, 2.24) is 9.80 Å². The van der Waals surface area contributed by atoms with Gasteiger partial charge in [0.2, 0.25) is 5.41 Å². The summed E-state index contributed by atoms with van der Waals surface area (Å²) in [5.74, 6) is -0.985. The Bertz CT molecular complexity index is 1160. The second-order valence-electron chi connectivity index (χ2n) is 10.9. The molecule has 0 saturated carbocycles. The van der Waals surface area contributed by atoms with Crippen LogP contribution in [0.15, 0.2) is 36.4 Å². The molecule has 0 aliphatic carbocycles. The standard InChI is InChI=1S/C29H34F6I2N2O2/c1-15(2)38(16(3)4)25(40)21-11-9-19(13-23(21)36)27(28(30,31)32,29(33,34)35)20-10-12-22(24(37)14-20)26(41)39(17(5)6)18(7)8/h9-18H,1-8H3. The highest BCUT2D eigenvalue weighted by molar-refractivity contribution is 14.1. The molecule has 0 N–H and O–H groups in total. The lowest BCUT2D eigenvalue weighted by atomic mass is 9.72. The number of hydrogen-bond donors (Lipinski definition) is 0. The lowest BCUT2D eigenvalue weighted by Gasteiger charge is -2.39. The summed E-state index contributed by atoms with van der Waals surface area (Å²) in [6, 6.07) is 4.07. The van der Waals surface area contributed by atoms with E-state index in [2.05, 4.69) is 0 Å². The molecule has 2 rings (SSSR count). The van der Waals surface area contributed by atoms with E-state index >= 15 is 0 Å². The minimum atomic E-state index is -5.81. The molecular formula is C29H34F6I2N2O2. The van der Waals surface area contributed by atoms with Gasteiger partial charge in [-0.15, -0.1) is 0 Å². The molecule has 228 valence electrons. The molecule has 12 heteroatoms. The molecule has 41 heavy (non-hydrogen) atoms. The van der Waals surface area contributed by atoms with Crippen LogP contribution in [-0.2, 0) is 5.41 Å². The van der Waals surface area contributed by atoms with Gasteiger partial charge >= 0.3 is 12.4 Å². The maximum Gasteiger partial charge on any atom is 0.411 e. The second-order valence-corrected chi connectivity index (χ2v) is 13.3. The molecule has 0 bridgehead atoms. The molecule has 0 radical (unpaired) electrons. The van der Waals surface area contributed by atoms with Crippen molar-refractivity contribution in [1.29, 1.82) is 0 Å². The Morgan fingerprint density at radius 2 is 0.854 bits per heavy atom. The summed E-state index contributed by atoms with van der Waals surface area (Å²) in [5.41, 5.74) is -6.53. The third-order valence-corrected chi connectivity index (χ3v) is 8.59. The van der Waals surface area contributed by atoms with E-state index in [4.69, 9.17) is 0 Å². The number of hydrogen-bond acceptors (Lipinski definition) is 2. The van der Waals surface area contributed by atoms with E-state index in [1.54, 1.807) is 101 Å². The number of nitrogens with zero attached hydrogens (tertiary/aromatic N) is 2. The predicted octanol–water partition coefficient (Wildman–Crippen LogP) is 8.82. The molecule has 2 aromatic carbocycles. The zero-order valence-corrected chi connectivity index (χ0v) is 28.3. The molecule has 0 saturated heterocycles. The highest BCUT2D eigenvalue weighted by Gasteiger charge is 2.72. The Kier molecular flexibility index (Phi) is 11.3. The van der Waals surface area contributed by atoms with Crippen LogP contribution in [0.1, 0.15) is 87.2 Å². The zero-order valence-electron chi connectivity index (χ0n) is 24.0. The molecular weight excluding hydrogens is 776 g/mol. The number of amides is 2. The Morgan fingerprint density at radius 3 is 1.05 bits per heavy atom. The fourth-order valence-corrected chi connectivity index (χ4v) is 6.73. The van der Waals surface area contributed by atoms with Crippen molar-refractivity contribution in [3.05, 3.63) is 65.8 Å². The van der Waals surface area contributed by atoms with E-state index in [9.17, 15) is 35.9 Å². The van der Waals surface area contributed by atoms with Gasteiger partial charge in [0, 0.05) is 31.3 Å². The molecule has 2 aromatic rings. The van der Waals surface area contributed by atoms with Crippen LogP contribution in [0.25, 0.3) is 0 Å². The SMILES string of the molecule is CC(C)N(C(=O)c1ccc(C(c2ccc(C(=O)N(C(C)C)C(C)C)c(I)c2)(C(F)(F)F)C(F)(F)F)cc1I)C(C)C. The summed E-state index contributed by atoms with van der Waals surface area (Å²) in [5, 5.41) is 0. The third kappa shape index (κ3) is 6.82. The first-order valence-electron chi connectivity index (χ1n) is 13.0. The zero-order chi connectivity index (χ0) is 31.8. The number of carbonyl (C=O) groups is 2. The van der Waals surface area contributed by atoms with Crippen molar-refractivity contribution >= 4 is 57.0 Å². The maximum atomic E-state index is 14.8. The quantitative estimate of drug-likeness (QED) is 0.198. The number of halogens is 8. The van der Waals surface area contributed by atoms with Crippen molar-refractivity contribution in [3.8, 4) is 0 Å². The van der Waals surface area contributed by atoms with Gasteiger partial charge < -0.3 is 9.80 Å². The molecule has 0 fully saturated rings. The number of benzene rings is 2. The average molecular weight is 810 g/mol. The Balaban J connectivity index is 2.84. The largest absolute Gasteiger partial charge is 0.411 e. The smallest absolute Gasteiger partial charge is 0.334 e. The van der Waals surface area contributed by atoms with Gasteiger partial charge in [0.1, 0.15) is 0 Å². The molecule has 4 nitrogen and oxygen atoms in total. The van der Waals surface area contributed by atoms with Crippen LogP contribution < -0.4 is 0 Å². The normalized spacial score (nSPS) is 13.0. The van der Waals surface area contributed by atoms with E-state index in [-0.39, 0.29) is 42.4 Å². The summed E-state index contributed by atoms with van der Waals surface area (Å²) in [6.07, 6.45) is -11.6. The first-order valence-corrected chi connectivity index (χ1v) is 15.2. The van der Waals surface area contributed by atoms with Crippen LogP contribution in [0.4, 0.5) is 26.3 Å². The van der Waals surface area contributed by atoms with Gasteiger partial charge in [0.25, 0.3) is 11.8 Å². The number of carbonyl (C=O) groups excluding carboxylic acids is 2. The lowest BCUT2D eigenvalue weighted by molar-refractivity contribution is -0.288. The Labute approximate surface area is 264 Å². The first-order chi connectivity index (χ1) is 18.6. The minimum Gasteiger partial charge on any atom is -0.334 e. The summed E-state index contributed by atoms with van der Waals surface area (Å²) < 4.78 is 88.9. The van der Waals surface area contributed by atoms with Crippen molar-refractivity contribution in [2.75, 3.05) is 0 Å². The highest BCUT2D eigenvalue weighted by atomic mass is 127. The van der Waals surface area contributed by atoms with E-state index in [1.807, 2.05) is 0 Å². The van der Waals surface area contributed by atoms with Crippen molar-refractivity contribution in [2.45, 2.75) is 97.3 Å². The lowest BCUT2D eigenvalue weighted by Crippen LogP contribution is -2.55. The van der Waals surface area contributed by atoms with Crippen LogP contribution >= 0.6 is 45.2 Å². The van der Waals surface area contributed by atoms with Gasteiger partial charge in [-0.3, -0.25) is 9.59 Å². The molecule has 0 heterocycles. The van der Waals surface area contributed by atoms with Crippen molar-refractivity contribution in [3.63, 3.8) is 0 Å². The van der Waals surface area contributed by atoms with Crippen LogP contribution in [0.3, 0.4) is 0 Å². The van der Waals surface area contributed by atoms with E-state index in [0.717, 1.165) is 36.4 Å². The molecule has 2 amide bonds. The second kappa shape index (κ2) is 13.0. The van der Waals surface area contributed by atoms with Gasteiger partial charge in [0.05, 0.1) is 11.1 Å². The van der Waals surface area contributed by atoms with Gasteiger partial charge in [-0.2, -0.15) is 26.3 Å². The van der Waals surface area contributed by atoms with Crippen LogP contribution in [0.2, 0.25) is 0 Å². The van der Waals surface area contributed by atoms with Crippen molar-refractivity contribution < 1.29 is 35.9 Å². The monoisotopic (exact) mass is 810 g/mol. The maximum absolute atomic E-state index is 14.8. The molecule has 0 atom stereocenters. The third-order valence-electron chi connectivity index (χ3n) is 6.81. The summed E-state index contributed by atoms with van der Waals surface area (Å²) in [6.45, 7) is 14.2. The van der Waals surface area contributed by atoms with Gasteiger partial charge in [-0.1, -0.05) is 12.1 Å². The highest BCUT2D eigenvalue weighted by Crippen LogP contribution is 2.56.